The number of β-amino-alcohol motifs (C(OH)–C–C–N with tert-alkyl or cyclic N) is 1. The fourth-order valence-corrected chi connectivity index (χ4v) is 9.95. The molecule has 17 heteroatoms. The van der Waals surface area contributed by atoms with Gasteiger partial charge in [-0.2, -0.15) is 0 Å². The van der Waals surface area contributed by atoms with Gasteiger partial charge in [-0.3, -0.25) is 24.1 Å². The molecule has 4 amide bonds. The molecule has 15 nitrogen and oxygen atoms in total. The van der Waals surface area contributed by atoms with Crippen LogP contribution in [0.3, 0.4) is 0 Å². The van der Waals surface area contributed by atoms with Crippen LogP contribution in [-0.2, 0) is 46.4 Å². The third kappa shape index (κ3) is 13.2. The summed E-state index contributed by atoms with van der Waals surface area (Å²) in [5, 5.41) is 20.3. The fraction of sp³-hybridized carbons (Fsp3) is 0.481. The molecule has 2 aromatic heterocycles. The van der Waals surface area contributed by atoms with Crippen LogP contribution in [0.2, 0.25) is 0 Å². The molecule has 0 aliphatic carbocycles. The molecule has 3 aromatic carbocycles. The number of H-pyrrole nitrogens is 1. The highest BCUT2D eigenvalue weighted by atomic mass is 32.1. The molecule has 4 heterocycles. The Labute approximate surface area is 407 Å². The normalized spacial score (nSPS) is 19.1. The fourth-order valence-electron chi connectivity index (χ4n) is 9.14. The lowest BCUT2D eigenvalue weighted by Crippen LogP contribution is -2.58. The first-order valence-corrected chi connectivity index (χ1v) is 24.5. The average Bonchev–Trinajstić information content (AvgIpc) is 4.02. The Morgan fingerprint density at radius 3 is 2.23 bits per heavy atom. The number of aromatic amines is 1. The lowest BCUT2D eigenvalue weighted by Gasteiger charge is -2.43. The van der Waals surface area contributed by atoms with Gasteiger partial charge < -0.3 is 45.2 Å². The first kappa shape index (κ1) is 51.3. The summed E-state index contributed by atoms with van der Waals surface area (Å²) in [6.07, 6.45) is 0.00725. The second-order valence-corrected chi connectivity index (χ2v) is 20.6. The van der Waals surface area contributed by atoms with Crippen LogP contribution in [0.4, 0.5) is 10.1 Å². The number of carbonyl (C=O) groups is 4. The number of aliphatic hydroxyl groups is 1. The Kier molecular flexibility index (Phi) is 16.7. The Hall–Kier alpha value is -5.56. The van der Waals surface area contributed by atoms with E-state index in [0.717, 1.165) is 44.9 Å². The van der Waals surface area contributed by atoms with Crippen LogP contribution in [0.1, 0.15) is 82.1 Å². The molecule has 0 bridgehead atoms. The number of rotatable bonds is 20. The molecule has 5 N–H and O–H groups in total. The van der Waals surface area contributed by atoms with E-state index in [4.69, 9.17) is 14.2 Å². The molecule has 1 fully saturated rings. The Morgan fingerprint density at radius 1 is 0.913 bits per heavy atom. The number of nitrogens with one attached hydrogen (secondary N) is 4. The standard InChI is InChI=1S/C52H66FN7O8S/c1-32-24-40-39-10-8-9-11-41(39)57-45(40)46(60(32)30-52(6,7)53)35-16-18-37(19-17-35)56-43(62)28-67-22-20-66-21-23-68-29-44(63)58-48(51(3,4)5)50(65)59-27-38(61)25-42(59)49(64)54-26-34-12-14-36(15-13-34)47-33(2)55-31-69-47/h8-19,31-32,38,42,46,48,57,61H,20-30H2,1-7H3,(H,54,64)(H,56,62)(H,58,63)/t32-,38-,42+,46-,48-/m1/s1. The number of ether oxygens (including phenoxy) is 3. The highest BCUT2D eigenvalue weighted by Crippen LogP contribution is 2.42. The number of hydrogen-bond acceptors (Lipinski definition) is 11. The molecule has 5 aromatic rings. The summed E-state index contributed by atoms with van der Waals surface area (Å²) in [5.74, 6) is -1.69. The maximum Gasteiger partial charge on any atom is 0.250 e. The van der Waals surface area contributed by atoms with Gasteiger partial charge in [-0.15, -0.1) is 11.3 Å². The molecular formula is C52H66FN7O8S. The second kappa shape index (κ2) is 22.5. The molecule has 0 saturated carbocycles. The number of fused-ring (bicyclic) bond motifs is 3. The van der Waals surface area contributed by atoms with Crippen molar-refractivity contribution in [2.24, 2.45) is 5.41 Å². The number of anilines is 1. The van der Waals surface area contributed by atoms with E-state index in [1.54, 1.807) is 30.7 Å². The van der Waals surface area contributed by atoms with E-state index in [1.807, 2.05) is 88.4 Å². The van der Waals surface area contributed by atoms with Crippen molar-refractivity contribution in [1.82, 2.24) is 30.4 Å². The number of carbonyl (C=O) groups excluding carboxylic acids is 4. The molecule has 1 saturated heterocycles. The second-order valence-electron chi connectivity index (χ2n) is 19.7. The van der Waals surface area contributed by atoms with Gasteiger partial charge in [0.1, 0.15) is 31.0 Å². The summed E-state index contributed by atoms with van der Waals surface area (Å²) in [7, 11) is 0. The number of alkyl halides is 1. The molecule has 0 spiro atoms. The zero-order chi connectivity index (χ0) is 49.5. The van der Waals surface area contributed by atoms with E-state index in [1.165, 1.54) is 15.8 Å². The van der Waals surface area contributed by atoms with Gasteiger partial charge in [0.2, 0.25) is 23.6 Å². The number of hydrogen-bond donors (Lipinski definition) is 5. The Bertz CT molecular complexity index is 2550. The minimum Gasteiger partial charge on any atom is -0.391 e. The van der Waals surface area contributed by atoms with Gasteiger partial charge in [-0.05, 0) is 80.0 Å². The molecular weight excluding hydrogens is 902 g/mol. The van der Waals surface area contributed by atoms with Crippen LogP contribution < -0.4 is 16.0 Å². The van der Waals surface area contributed by atoms with Gasteiger partial charge in [0.15, 0.2) is 0 Å². The Morgan fingerprint density at radius 2 is 1.58 bits per heavy atom. The van der Waals surface area contributed by atoms with Crippen molar-refractivity contribution in [3.05, 3.63) is 106 Å². The van der Waals surface area contributed by atoms with Crippen molar-refractivity contribution < 1.29 is 42.9 Å². The molecule has 69 heavy (non-hydrogen) atoms. The average molecular weight is 968 g/mol. The molecule has 370 valence electrons. The van der Waals surface area contributed by atoms with Crippen molar-refractivity contribution in [2.75, 3.05) is 58.0 Å². The summed E-state index contributed by atoms with van der Waals surface area (Å²) in [4.78, 5) is 65.7. The quantitative estimate of drug-likeness (QED) is 0.0541. The number of aromatic nitrogens is 2. The van der Waals surface area contributed by atoms with Gasteiger partial charge >= 0.3 is 0 Å². The number of amides is 4. The third-order valence-electron chi connectivity index (χ3n) is 12.5. The van der Waals surface area contributed by atoms with Crippen molar-refractivity contribution in [3.8, 4) is 10.4 Å². The lowest BCUT2D eigenvalue weighted by atomic mass is 9.85. The van der Waals surface area contributed by atoms with E-state index >= 15 is 4.39 Å². The van der Waals surface area contributed by atoms with Gasteiger partial charge in [0.05, 0.1) is 54.7 Å². The lowest BCUT2D eigenvalue weighted by molar-refractivity contribution is -0.144. The van der Waals surface area contributed by atoms with E-state index in [2.05, 4.69) is 49.9 Å². The first-order chi connectivity index (χ1) is 32.9. The van der Waals surface area contributed by atoms with Crippen LogP contribution in [0.25, 0.3) is 21.3 Å². The smallest absolute Gasteiger partial charge is 0.250 e. The van der Waals surface area contributed by atoms with Crippen molar-refractivity contribution in [2.45, 2.75) is 104 Å². The van der Waals surface area contributed by atoms with E-state index in [-0.39, 0.29) is 89.6 Å². The maximum absolute atomic E-state index is 15.1. The maximum atomic E-state index is 15.1. The Balaban J connectivity index is 0.800. The molecule has 0 radical (unpaired) electrons. The highest BCUT2D eigenvalue weighted by molar-refractivity contribution is 7.13. The van der Waals surface area contributed by atoms with E-state index < -0.39 is 41.1 Å². The zero-order valence-electron chi connectivity index (χ0n) is 40.6. The topological polar surface area (TPSA) is 187 Å². The van der Waals surface area contributed by atoms with Crippen molar-refractivity contribution in [1.29, 1.82) is 0 Å². The number of halogens is 1. The minimum absolute atomic E-state index is 0.0331. The van der Waals surface area contributed by atoms with Gasteiger partial charge in [0.25, 0.3) is 0 Å². The highest BCUT2D eigenvalue weighted by Gasteiger charge is 2.45. The van der Waals surface area contributed by atoms with Gasteiger partial charge in [0, 0.05) is 54.4 Å². The van der Waals surface area contributed by atoms with Gasteiger partial charge in [-0.25, -0.2) is 9.37 Å². The van der Waals surface area contributed by atoms with E-state index in [9.17, 15) is 24.3 Å². The van der Waals surface area contributed by atoms with Crippen LogP contribution >= 0.6 is 11.3 Å². The third-order valence-corrected chi connectivity index (χ3v) is 13.5. The summed E-state index contributed by atoms with van der Waals surface area (Å²) in [6, 6.07) is 21.7. The predicted octanol–water partition coefficient (Wildman–Crippen LogP) is 6.48. The summed E-state index contributed by atoms with van der Waals surface area (Å²) in [5.41, 5.74) is 7.55. The SMILES string of the molecule is Cc1ncsc1-c1ccc(CNC(=O)[C@@H]2C[C@@H](O)CN2C(=O)[C@@H](NC(=O)COCCOCCOCC(=O)Nc2ccc([C@@H]3c4[nH]c5ccccc5c4C[C@@H](C)N3CC(C)(C)F)cc2)C(C)(C)C)cc1. The number of aliphatic hydroxyl groups excluding tert-OH is 1. The van der Waals surface area contributed by atoms with Gasteiger partial charge in [-0.1, -0.05) is 75.4 Å². The number of likely N-dealkylation sites (tertiary alicyclic amines) is 1. The molecule has 2 aliphatic rings. The number of aryl methyl sites for hydroxylation is 1. The largest absolute Gasteiger partial charge is 0.391 e. The summed E-state index contributed by atoms with van der Waals surface area (Å²) < 4.78 is 31.8. The van der Waals surface area contributed by atoms with Crippen molar-refractivity contribution in [3.63, 3.8) is 0 Å². The number of nitrogens with zero attached hydrogens (tertiary/aromatic N) is 3. The first-order valence-electron chi connectivity index (χ1n) is 23.6. The predicted molar refractivity (Wildman–Crippen MR) is 264 cm³/mol. The molecule has 7 rings (SSSR count). The minimum atomic E-state index is -1.39. The molecule has 0 unspecified atom stereocenters. The van der Waals surface area contributed by atoms with Crippen LogP contribution in [0.15, 0.2) is 78.3 Å². The van der Waals surface area contributed by atoms with Crippen LogP contribution in [-0.4, -0.2) is 131 Å². The molecule has 5 atom stereocenters. The van der Waals surface area contributed by atoms with Crippen LogP contribution in [0, 0.1) is 12.3 Å². The van der Waals surface area contributed by atoms with E-state index in [0.29, 0.717) is 5.69 Å². The summed E-state index contributed by atoms with van der Waals surface area (Å²) >= 11 is 1.57. The number of thiazole rings is 1. The zero-order valence-corrected chi connectivity index (χ0v) is 41.4. The molecule has 2 aliphatic heterocycles. The van der Waals surface area contributed by atoms with Crippen molar-refractivity contribution >= 4 is 51.6 Å². The van der Waals surface area contributed by atoms with Crippen LogP contribution in [0.5, 0.6) is 0 Å². The monoisotopic (exact) mass is 967 g/mol. The number of para-hydroxylation sites is 1. The summed E-state index contributed by atoms with van der Waals surface area (Å²) in [6.45, 7) is 13.3. The number of benzene rings is 3.